The Morgan fingerprint density at radius 1 is 0.875 bits per heavy atom. The summed E-state index contributed by atoms with van der Waals surface area (Å²) in [6.07, 6.45) is 1.85. The number of para-hydroxylation sites is 1. The van der Waals surface area contributed by atoms with Crippen LogP contribution < -0.4 is 14.2 Å². The molecule has 1 aliphatic heterocycles. The van der Waals surface area contributed by atoms with Gasteiger partial charge in [-0.15, -0.1) is 0 Å². The molecule has 0 radical (unpaired) electrons. The van der Waals surface area contributed by atoms with Crippen LogP contribution >= 0.6 is 0 Å². The van der Waals surface area contributed by atoms with Crippen LogP contribution in [0.15, 0.2) is 90.0 Å². The first-order valence-electron chi connectivity index (χ1n) is 10.2. The second kappa shape index (κ2) is 8.49. The molecule has 0 bridgehead atoms. The zero-order chi connectivity index (χ0) is 22.0. The molecule has 0 amide bonds. The summed E-state index contributed by atoms with van der Waals surface area (Å²) in [4.78, 5) is 0.124. The van der Waals surface area contributed by atoms with Crippen LogP contribution in [0.2, 0.25) is 0 Å². The summed E-state index contributed by atoms with van der Waals surface area (Å²) in [6, 6.07) is 24.0. The van der Waals surface area contributed by atoms with Gasteiger partial charge in [0.15, 0.2) is 11.5 Å². The molecular formula is C24H21N3O4S. The summed E-state index contributed by atoms with van der Waals surface area (Å²) in [5.74, 6) is 0.978. The van der Waals surface area contributed by atoms with Crippen LogP contribution in [0.5, 0.6) is 11.5 Å². The predicted octanol–water partition coefficient (Wildman–Crippen LogP) is 3.79. The van der Waals surface area contributed by atoms with E-state index in [2.05, 4.69) is 4.72 Å². The highest BCUT2D eigenvalue weighted by Gasteiger charge is 2.21. The van der Waals surface area contributed by atoms with Gasteiger partial charge in [-0.05, 0) is 24.3 Å². The van der Waals surface area contributed by atoms with Crippen LogP contribution in [0.1, 0.15) is 5.56 Å². The molecule has 8 heteroatoms. The largest absolute Gasteiger partial charge is 0.486 e. The van der Waals surface area contributed by atoms with Gasteiger partial charge in [-0.1, -0.05) is 48.5 Å². The number of sulfonamides is 1. The van der Waals surface area contributed by atoms with Crippen molar-refractivity contribution in [2.45, 2.75) is 11.4 Å². The monoisotopic (exact) mass is 447 g/mol. The number of nitrogens with zero attached hydrogens (tertiary/aromatic N) is 2. The van der Waals surface area contributed by atoms with Gasteiger partial charge >= 0.3 is 0 Å². The van der Waals surface area contributed by atoms with Crippen molar-refractivity contribution < 1.29 is 17.9 Å². The van der Waals surface area contributed by atoms with Gasteiger partial charge in [-0.3, -0.25) is 0 Å². The lowest BCUT2D eigenvalue weighted by molar-refractivity contribution is 0.171. The normalized spacial score (nSPS) is 13.1. The van der Waals surface area contributed by atoms with Crippen molar-refractivity contribution in [1.29, 1.82) is 0 Å². The van der Waals surface area contributed by atoms with Crippen molar-refractivity contribution in [3.05, 3.63) is 90.6 Å². The first kappa shape index (κ1) is 20.3. The second-order valence-electron chi connectivity index (χ2n) is 7.28. The van der Waals surface area contributed by atoms with Crippen molar-refractivity contribution >= 4 is 10.0 Å². The Labute approximate surface area is 186 Å². The van der Waals surface area contributed by atoms with Crippen LogP contribution in [0.25, 0.3) is 16.9 Å². The fourth-order valence-corrected chi connectivity index (χ4v) is 4.56. The van der Waals surface area contributed by atoms with Crippen molar-refractivity contribution in [3.8, 4) is 28.4 Å². The van der Waals surface area contributed by atoms with E-state index in [0.717, 1.165) is 22.5 Å². The molecule has 2 heterocycles. The molecular weight excluding hydrogens is 426 g/mol. The van der Waals surface area contributed by atoms with Crippen LogP contribution in [0, 0.1) is 0 Å². The Hall–Kier alpha value is -3.62. The van der Waals surface area contributed by atoms with Gasteiger partial charge in [-0.25, -0.2) is 17.8 Å². The topological polar surface area (TPSA) is 82.5 Å². The fraction of sp³-hybridized carbons (Fsp3) is 0.125. The summed E-state index contributed by atoms with van der Waals surface area (Å²) in [7, 11) is -3.77. The number of aromatic nitrogens is 2. The third-order valence-electron chi connectivity index (χ3n) is 5.13. The lowest BCUT2D eigenvalue weighted by atomic mass is 10.1. The summed E-state index contributed by atoms with van der Waals surface area (Å²) in [5.41, 5.74) is 3.29. The van der Waals surface area contributed by atoms with Gasteiger partial charge < -0.3 is 9.47 Å². The SMILES string of the molecule is O=S(=O)(NCc1cn(-c2ccccc2)nc1-c1ccccc1)c1ccc2c(c1)OCCO2. The van der Waals surface area contributed by atoms with Crippen LogP contribution in [-0.2, 0) is 16.6 Å². The Morgan fingerprint density at radius 3 is 2.31 bits per heavy atom. The number of ether oxygens (including phenoxy) is 2. The molecule has 4 aromatic rings. The summed E-state index contributed by atoms with van der Waals surface area (Å²) in [6.45, 7) is 0.932. The highest BCUT2D eigenvalue weighted by atomic mass is 32.2. The number of nitrogens with one attached hydrogen (secondary N) is 1. The molecule has 7 nitrogen and oxygen atoms in total. The standard InChI is InChI=1S/C24H21N3O4S/c28-32(29,21-11-12-22-23(15-21)31-14-13-30-22)25-16-19-17-27(20-9-5-2-6-10-20)26-24(19)18-7-3-1-4-8-18/h1-12,15,17,25H,13-14,16H2. The smallest absolute Gasteiger partial charge is 0.241 e. The maximum atomic E-state index is 13.0. The molecule has 0 saturated heterocycles. The van der Waals surface area contributed by atoms with Crippen LogP contribution in [-0.4, -0.2) is 31.4 Å². The van der Waals surface area contributed by atoms with E-state index < -0.39 is 10.0 Å². The lowest BCUT2D eigenvalue weighted by Gasteiger charge is -2.18. The Bertz CT molecular complexity index is 1340. The van der Waals surface area contributed by atoms with Crippen molar-refractivity contribution in [3.63, 3.8) is 0 Å². The summed E-state index contributed by atoms with van der Waals surface area (Å²) >= 11 is 0. The third kappa shape index (κ3) is 4.10. The van der Waals surface area contributed by atoms with E-state index in [-0.39, 0.29) is 11.4 Å². The Morgan fingerprint density at radius 2 is 1.56 bits per heavy atom. The Balaban J connectivity index is 1.45. The van der Waals surface area contributed by atoms with Gasteiger partial charge in [0.05, 0.1) is 16.3 Å². The zero-order valence-corrected chi connectivity index (χ0v) is 18.0. The number of rotatable bonds is 6. The first-order chi connectivity index (χ1) is 15.6. The van der Waals surface area contributed by atoms with E-state index in [0.29, 0.717) is 24.7 Å². The van der Waals surface area contributed by atoms with E-state index >= 15 is 0 Å². The average Bonchev–Trinajstić information content (AvgIpc) is 3.28. The van der Waals surface area contributed by atoms with Gasteiger partial charge in [0.2, 0.25) is 10.0 Å². The predicted molar refractivity (Wildman–Crippen MR) is 120 cm³/mol. The summed E-state index contributed by atoms with van der Waals surface area (Å²) in [5, 5.41) is 4.73. The molecule has 1 aliphatic rings. The van der Waals surface area contributed by atoms with Crippen LogP contribution in [0.3, 0.4) is 0 Å². The van der Waals surface area contributed by atoms with E-state index in [1.54, 1.807) is 10.7 Å². The molecule has 32 heavy (non-hydrogen) atoms. The second-order valence-corrected chi connectivity index (χ2v) is 9.05. The molecule has 3 aromatic carbocycles. The molecule has 0 unspecified atom stereocenters. The zero-order valence-electron chi connectivity index (χ0n) is 17.1. The van der Waals surface area contributed by atoms with E-state index in [1.165, 1.54) is 12.1 Å². The van der Waals surface area contributed by atoms with Gasteiger partial charge in [-0.2, -0.15) is 5.10 Å². The van der Waals surface area contributed by atoms with Crippen LogP contribution in [0.4, 0.5) is 0 Å². The van der Waals surface area contributed by atoms with Gasteiger partial charge in [0, 0.05) is 29.9 Å². The molecule has 5 rings (SSSR count). The minimum absolute atomic E-state index is 0.0911. The van der Waals surface area contributed by atoms with E-state index in [4.69, 9.17) is 14.6 Å². The molecule has 162 valence electrons. The maximum absolute atomic E-state index is 13.0. The van der Waals surface area contributed by atoms with Crippen molar-refractivity contribution in [2.24, 2.45) is 0 Å². The van der Waals surface area contributed by atoms with Crippen molar-refractivity contribution in [2.75, 3.05) is 13.2 Å². The molecule has 0 saturated carbocycles. The Kier molecular flexibility index (Phi) is 5.38. The number of fused-ring (bicyclic) bond motifs is 1. The summed E-state index contributed by atoms with van der Waals surface area (Å²) < 4.78 is 41.4. The fourth-order valence-electron chi connectivity index (χ4n) is 3.54. The quantitative estimate of drug-likeness (QED) is 0.486. The minimum Gasteiger partial charge on any atom is -0.486 e. The molecule has 1 N–H and O–H groups in total. The van der Waals surface area contributed by atoms with Gasteiger partial charge in [0.25, 0.3) is 0 Å². The van der Waals surface area contributed by atoms with Crippen molar-refractivity contribution in [1.82, 2.24) is 14.5 Å². The molecule has 0 spiro atoms. The number of hydrogen-bond donors (Lipinski definition) is 1. The third-order valence-corrected chi connectivity index (χ3v) is 6.53. The molecule has 0 aliphatic carbocycles. The minimum atomic E-state index is -3.77. The number of benzene rings is 3. The maximum Gasteiger partial charge on any atom is 0.241 e. The molecule has 0 fully saturated rings. The lowest BCUT2D eigenvalue weighted by Crippen LogP contribution is -2.24. The molecule has 1 aromatic heterocycles. The van der Waals surface area contributed by atoms with E-state index in [9.17, 15) is 8.42 Å². The van der Waals surface area contributed by atoms with Gasteiger partial charge in [0.1, 0.15) is 13.2 Å². The first-order valence-corrected chi connectivity index (χ1v) is 11.7. The highest BCUT2D eigenvalue weighted by molar-refractivity contribution is 7.89. The number of hydrogen-bond acceptors (Lipinski definition) is 5. The highest BCUT2D eigenvalue weighted by Crippen LogP contribution is 2.32. The van der Waals surface area contributed by atoms with E-state index in [1.807, 2.05) is 66.9 Å². The average molecular weight is 448 g/mol. The molecule has 0 atom stereocenters.